The predicted octanol–water partition coefficient (Wildman–Crippen LogP) is 11.4. The van der Waals surface area contributed by atoms with Gasteiger partial charge in [0.15, 0.2) is 6.10 Å². The van der Waals surface area contributed by atoms with Crippen molar-refractivity contribution in [3.63, 3.8) is 0 Å². The average Bonchev–Trinajstić information content (AvgIpc) is 3.06. The number of carbonyl (C=O) groups is 2. The van der Waals surface area contributed by atoms with E-state index >= 15 is 0 Å². The Morgan fingerprint density at radius 2 is 0.935 bits per heavy atom. The molecule has 5 nitrogen and oxygen atoms in total. The molecule has 0 aliphatic rings. The van der Waals surface area contributed by atoms with Crippen LogP contribution in [0.1, 0.15) is 155 Å². The minimum atomic E-state index is -0.812. The molecular formula is C41H68O5. The van der Waals surface area contributed by atoms with Crippen LogP contribution < -0.4 is 0 Å². The molecule has 0 aromatic rings. The van der Waals surface area contributed by atoms with Crippen LogP contribution >= 0.6 is 0 Å². The van der Waals surface area contributed by atoms with E-state index in [1.54, 1.807) is 0 Å². The van der Waals surface area contributed by atoms with E-state index in [1.807, 2.05) is 12.2 Å². The van der Waals surface area contributed by atoms with Gasteiger partial charge in [-0.25, -0.2) is 0 Å². The van der Waals surface area contributed by atoms with Crippen LogP contribution in [0.25, 0.3) is 0 Å². The third kappa shape index (κ3) is 34.2. The van der Waals surface area contributed by atoms with Gasteiger partial charge in [-0.3, -0.25) is 9.59 Å². The summed E-state index contributed by atoms with van der Waals surface area (Å²) in [6, 6.07) is 0. The second-order valence-electron chi connectivity index (χ2n) is 11.9. The molecule has 262 valence electrons. The molecule has 0 radical (unpaired) electrons. The van der Waals surface area contributed by atoms with Gasteiger partial charge in [0, 0.05) is 12.8 Å². The molecule has 0 bridgehead atoms. The molecule has 0 aromatic heterocycles. The molecule has 0 aliphatic carbocycles. The molecule has 0 unspecified atom stereocenters. The van der Waals surface area contributed by atoms with Crippen LogP contribution in [0, 0.1) is 0 Å². The van der Waals surface area contributed by atoms with Gasteiger partial charge in [-0.1, -0.05) is 164 Å². The second kappa shape index (κ2) is 36.8. The lowest BCUT2D eigenvalue weighted by Crippen LogP contribution is -2.28. The number of hydrogen-bond acceptors (Lipinski definition) is 5. The summed E-state index contributed by atoms with van der Waals surface area (Å²) in [6.45, 7) is 3.94. The van der Waals surface area contributed by atoms with Crippen LogP contribution in [0.15, 0.2) is 72.9 Å². The third-order valence-corrected chi connectivity index (χ3v) is 7.53. The molecule has 0 saturated carbocycles. The number of esters is 2. The van der Waals surface area contributed by atoms with E-state index in [4.69, 9.17) is 9.47 Å². The second-order valence-corrected chi connectivity index (χ2v) is 11.9. The quantitative estimate of drug-likeness (QED) is 0.0450. The molecule has 0 fully saturated rings. The van der Waals surface area contributed by atoms with Gasteiger partial charge in [0.05, 0.1) is 6.61 Å². The van der Waals surface area contributed by atoms with E-state index in [9.17, 15) is 14.7 Å². The molecular weight excluding hydrogens is 572 g/mol. The maximum absolute atomic E-state index is 12.1. The van der Waals surface area contributed by atoms with E-state index in [0.29, 0.717) is 12.8 Å². The average molecular weight is 641 g/mol. The first-order chi connectivity index (χ1) is 22.6. The summed E-state index contributed by atoms with van der Waals surface area (Å²) >= 11 is 0. The highest BCUT2D eigenvalue weighted by Crippen LogP contribution is 2.13. The lowest BCUT2D eigenvalue weighted by Gasteiger charge is -2.15. The Morgan fingerprint density at radius 1 is 0.522 bits per heavy atom. The van der Waals surface area contributed by atoms with Crippen molar-refractivity contribution in [2.75, 3.05) is 13.2 Å². The Balaban J connectivity index is 3.73. The van der Waals surface area contributed by atoms with E-state index in [-0.39, 0.29) is 25.6 Å². The minimum absolute atomic E-state index is 0.0978. The summed E-state index contributed by atoms with van der Waals surface area (Å²) in [4.78, 5) is 24.2. The van der Waals surface area contributed by atoms with Gasteiger partial charge in [0.1, 0.15) is 6.61 Å². The fourth-order valence-corrected chi connectivity index (χ4v) is 4.75. The topological polar surface area (TPSA) is 72.8 Å². The van der Waals surface area contributed by atoms with Gasteiger partial charge < -0.3 is 14.6 Å². The Morgan fingerprint density at radius 3 is 1.37 bits per heavy atom. The highest BCUT2D eigenvalue weighted by molar-refractivity contribution is 5.70. The first-order valence-corrected chi connectivity index (χ1v) is 18.5. The minimum Gasteiger partial charge on any atom is -0.462 e. The van der Waals surface area contributed by atoms with E-state index in [1.165, 1.54) is 64.2 Å². The summed E-state index contributed by atoms with van der Waals surface area (Å²) in [5.41, 5.74) is 0. The molecule has 0 saturated heterocycles. The van der Waals surface area contributed by atoms with Crippen molar-refractivity contribution in [1.29, 1.82) is 0 Å². The van der Waals surface area contributed by atoms with Crippen LogP contribution in [-0.4, -0.2) is 36.4 Å². The summed E-state index contributed by atoms with van der Waals surface area (Å²) in [5, 5.41) is 9.52. The highest BCUT2D eigenvalue weighted by Gasteiger charge is 2.15. The Labute approximate surface area is 283 Å². The van der Waals surface area contributed by atoms with Crippen LogP contribution in [-0.2, 0) is 19.1 Å². The molecule has 1 atom stereocenters. The van der Waals surface area contributed by atoms with Crippen molar-refractivity contribution in [2.45, 2.75) is 161 Å². The van der Waals surface area contributed by atoms with Gasteiger partial charge >= 0.3 is 11.9 Å². The lowest BCUT2D eigenvalue weighted by molar-refractivity contribution is -0.161. The van der Waals surface area contributed by atoms with Crippen molar-refractivity contribution in [3.8, 4) is 0 Å². The standard InChI is InChI=1S/C41H68O5/c1-3-5-7-9-11-13-15-17-18-19-20-21-22-24-26-28-30-32-34-36-41(44)46-39(37-42)38-45-40(43)35-33-31-29-27-25-23-16-14-12-10-8-6-4-2/h5,7,11,13,17-18,20-21,24,26,30,32,39,42H,3-4,6,8-10,12,14-16,19,22-23,25,27-29,31,33-38H2,1-2H3/b7-5-,13-11-,18-17-,21-20-,26-24-,32-30-/t39-/m0/s1. The molecule has 46 heavy (non-hydrogen) atoms. The Bertz CT molecular complexity index is 864. The number of aliphatic hydroxyl groups excluding tert-OH is 1. The normalized spacial score (nSPS) is 13.0. The fourth-order valence-electron chi connectivity index (χ4n) is 4.75. The van der Waals surface area contributed by atoms with Crippen LogP contribution in [0.2, 0.25) is 0 Å². The lowest BCUT2D eigenvalue weighted by atomic mass is 10.0. The third-order valence-electron chi connectivity index (χ3n) is 7.53. The van der Waals surface area contributed by atoms with Crippen molar-refractivity contribution in [1.82, 2.24) is 0 Å². The zero-order chi connectivity index (χ0) is 33.6. The number of carbonyl (C=O) groups excluding carboxylic acids is 2. The number of allylic oxidation sites excluding steroid dienone is 12. The van der Waals surface area contributed by atoms with Crippen molar-refractivity contribution < 1.29 is 24.2 Å². The summed E-state index contributed by atoms with van der Waals surface area (Å²) < 4.78 is 10.5. The number of hydrogen-bond donors (Lipinski definition) is 1. The first kappa shape index (κ1) is 43.3. The van der Waals surface area contributed by atoms with Gasteiger partial charge in [-0.15, -0.1) is 0 Å². The van der Waals surface area contributed by atoms with Gasteiger partial charge in [0.25, 0.3) is 0 Å². The first-order valence-electron chi connectivity index (χ1n) is 18.5. The maximum atomic E-state index is 12.1. The predicted molar refractivity (Wildman–Crippen MR) is 196 cm³/mol. The number of unbranched alkanes of at least 4 members (excludes halogenated alkanes) is 12. The largest absolute Gasteiger partial charge is 0.462 e. The molecule has 0 spiro atoms. The molecule has 0 amide bonds. The molecule has 0 rings (SSSR count). The van der Waals surface area contributed by atoms with Gasteiger partial charge in [0.2, 0.25) is 0 Å². The zero-order valence-electron chi connectivity index (χ0n) is 29.6. The number of ether oxygens (including phenoxy) is 2. The van der Waals surface area contributed by atoms with Gasteiger partial charge in [-0.05, 0) is 51.4 Å². The smallest absolute Gasteiger partial charge is 0.306 e. The molecule has 1 N–H and O–H groups in total. The van der Waals surface area contributed by atoms with E-state index in [2.05, 4.69) is 74.6 Å². The van der Waals surface area contributed by atoms with Crippen molar-refractivity contribution >= 4 is 11.9 Å². The van der Waals surface area contributed by atoms with Crippen molar-refractivity contribution in [3.05, 3.63) is 72.9 Å². The molecule has 5 heteroatoms. The Kier molecular flexibility index (Phi) is 34.7. The fraction of sp³-hybridized carbons (Fsp3) is 0.659. The monoisotopic (exact) mass is 641 g/mol. The number of rotatable bonds is 32. The summed E-state index contributed by atoms with van der Waals surface area (Å²) in [7, 11) is 0. The van der Waals surface area contributed by atoms with Crippen LogP contribution in [0.4, 0.5) is 0 Å². The molecule has 0 heterocycles. The SMILES string of the molecule is CC/C=C\C/C=C\C/C=C\C/C=C\C/C=C\C/C=C\CCC(=O)O[C@@H](CO)COC(=O)CCCCCCCCCCCCCCC. The highest BCUT2D eigenvalue weighted by atomic mass is 16.6. The Hall–Kier alpha value is -2.66. The molecule has 0 aliphatic heterocycles. The van der Waals surface area contributed by atoms with Gasteiger partial charge in [-0.2, -0.15) is 0 Å². The summed E-state index contributed by atoms with van der Waals surface area (Å²) in [5.74, 6) is -0.693. The summed E-state index contributed by atoms with van der Waals surface area (Å²) in [6.07, 6.45) is 48.2. The molecule has 0 aromatic carbocycles. The van der Waals surface area contributed by atoms with E-state index < -0.39 is 12.1 Å². The maximum Gasteiger partial charge on any atom is 0.306 e. The van der Waals surface area contributed by atoms with Crippen molar-refractivity contribution in [2.24, 2.45) is 0 Å². The van der Waals surface area contributed by atoms with Crippen LogP contribution in [0.5, 0.6) is 0 Å². The van der Waals surface area contributed by atoms with E-state index in [0.717, 1.165) is 57.8 Å². The zero-order valence-corrected chi connectivity index (χ0v) is 29.6. The number of aliphatic hydroxyl groups is 1. The van der Waals surface area contributed by atoms with Crippen LogP contribution in [0.3, 0.4) is 0 Å².